The van der Waals surface area contributed by atoms with Gasteiger partial charge in [0.1, 0.15) is 5.69 Å². The van der Waals surface area contributed by atoms with Crippen LogP contribution in [0.4, 0.5) is 0 Å². The quantitative estimate of drug-likeness (QED) is 0.855. The van der Waals surface area contributed by atoms with Gasteiger partial charge in [-0.3, -0.25) is 4.79 Å². The maximum Gasteiger partial charge on any atom is 0.354 e. The average molecular weight is 258 g/mol. The molecule has 0 spiro atoms. The first-order valence-corrected chi connectivity index (χ1v) is 5.87. The van der Waals surface area contributed by atoms with E-state index in [0.29, 0.717) is 5.56 Å². The SMILES string of the molecule is CC(=O)c1ccccc1C(C)n1cncc1C(=O)O. The number of carboxylic acids is 1. The zero-order valence-corrected chi connectivity index (χ0v) is 10.7. The first-order chi connectivity index (χ1) is 9.02. The van der Waals surface area contributed by atoms with Gasteiger partial charge in [-0.2, -0.15) is 0 Å². The summed E-state index contributed by atoms with van der Waals surface area (Å²) in [7, 11) is 0. The maximum absolute atomic E-state index is 11.6. The number of ketones is 1. The number of aromatic carboxylic acids is 1. The number of benzene rings is 1. The van der Waals surface area contributed by atoms with E-state index in [0.717, 1.165) is 5.56 Å². The van der Waals surface area contributed by atoms with Gasteiger partial charge in [0.25, 0.3) is 0 Å². The molecule has 5 nitrogen and oxygen atoms in total. The van der Waals surface area contributed by atoms with Crippen molar-refractivity contribution in [2.45, 2.75) is 19.9 Å². The van der Waals surface area contributed by atoms with Crippen molar-refractivity contribution in [1.82, 2.24) is 9.55 Å². The van der Waals surface area contributed by atoms with Crippen molar-refractivity contribution in [2.24, 2.45) is 0 Å². The number of rotatable bonds is 4. The standard InChI is InChI=1S/C14H14N2O3/c1-9(16-8-15-7-13(16)14(18)19)11-5-3-4-6-12(11)10(2)17/h3-9H,1-2H3,(H,18,19). The lowest BCUT2D eigenvalue weighted by Gasteiger charge is -2.18. The number of nitrogens with zero attached hydrogens (tertiary/aromatic N) is 2. The van der Waals surface area contributed by atoms with Crippen LogP contribution in [0.25, 0.3) is 0 Å². The fraction of sp³-hybridized carbons (Fsp3) is 0.214. The van der Waals surface area contributed by atoms with E-state index in [1.165, 1.54) is 19.4 Å². The first kappa shape index (κ1) is 13.0. The van der Waals surface area contributed by atoms with Crippen molar-refractivity contribution >= 4 is 11.8 Å². The Morgan fingerprint density at radius 2 is 2.00 bits per heavy atom. The molecule has 0 amide bonds. The largest absolute Gasteiger partial charge is 0.477 e. The number of imidazole rings is 1. The van der Waals surface area contributed by atoms with Crippen molar-refractivity contribution < 1.29 is 14.7 Å². The van der Waals surface area contributed by atoms with E-state index in [1.54, 1.807) is 16.7 Å². The highest BCUT2D eigenvalue weighted by Gasteiger charge is 2.19. The van der Waals surface area contributed by atoms with Crippen LogP contribution < -0.4 is 0 Å². The molecule has 0 aliphatic carbocycles. The fourth-order valence-corrected chi connectivity index (χ4v) is 2.11. The molecular formula is C14H14N2O3. The van der Waals surface area contributed by atoms with Crippen molar-refractivity contribution in [3.63, 3.8) is 0 Å². The summed E-state index contributed by atoms with van der Waals surface area (Å²) in [6, 6.07) is 6.92. The minimum atomic E-state index is -1.04. The fourth-order valence-electron chi connectivity index (χ4n) is 2.11. The van der Waals surface area contributed by atoms with E-state index in [9.17, 15) is 9.59 Å². The molecule has 1 atom stereocenters. The van der Waals surface area contributed by atoms with Gasteiger partial charge in [-0.15, -0.1) is 0 Å². The van der Waals surface area contributed by atoms with Crippen LogP contribution in [0.1, 0.15) is 46.3 Å². The average Bonchev–Trinajstić information content (AvgIpc) is 2.87. The third kappa shape index (κ3) is 2.40. The van der Waals surface area contributed by atoms with Gasteiger partial charge in [-0.1, -0.05) is 24.3 Å². The van der Waals surface area contributed by atoms with Crippen LogP contribution in [0.2, 0.25) is 0 Å². The second-order valence-corrected chi connectivity index (χ2v) is 4.31. The van der Waals surface area contributed by atoms with E-state index in [4.69, 9.17) is 5.11 Å². The Hall–Kier alpha value is -2.43. The van der Waals surface area contributed by atoms with Crippen LogP contribution in [0, 0.1) is 0 Å². The molecule has 1 unspecified atom stereocenters. The molecule has 2 rings (SSSR count). The van der Waals surface area contributed by atoms with Crippen LogP contribution in [-0.2, 0) is 0 Å². The van der Waals surface area contributed by atoms with Gasteiger partial charge in [0.05, 0.1) is 18.6 Å². The highest BCUT2D eigenvalue weighted by molar-refractivity contribution is 5.95. The number of aromatic nitrogens is 2. The predicted octanol–water partition coefficient (Wildman–Crippen LogP) is 2.39. The molecule has 2 aromatic rings. The number of hydrogen-bond acceptors (Lipinski definition) is 3. The molecule has 1 N–H and O–H groups in total. The second kappa shape index (κ2) is 5.06. The molecule has 98 valence electrons. The van der Waals surface area contributed by atoms with E-state index in [-0.39, 0.29) is 17.5 Å². The summed E-state index contributed by atoms with van der Waals surface area (Å²) in [5.41, 5.74) is 1.49. The predicted molar refractivity (Wildman–Crippen MR) is 69.4 cm³/mol. The number of hydrogen-bond donors (Lipinski definition) is 1. The van der Waals surface area contributed by atoms with Gasteiger partial charge in [0.15, 0.2) is 5.78 Å². The molecule has 0 aliphatic heterocycles. The number of carboxylic acid groups (broad SMARTS) is 1. The highest BCUT2D eigenvalue weighted by atomic mass is 16.4. The van der Waals surface area contributed by atoms with Gasteiger partial charge in [0.2, 0.25) is 0 Å². The molecule has 0 aliphatic rings. The van der Waals surface area contributed by atoms with E-state index in [1.807, 2.05) is 19.1 Å². The molecule has 5 heteroatoms. The molecule has 0 radical (unpaired) electrons. The summed E-state index contributed by atoms with van der Waals surface area (Å²) >= 11 is 0. The molecule has 1 aromatic heterocycles. The van der Waals surface area contributed by atoms with E-state index < -0.39 is 5.97 Å². The number of carbonyl (C=O) groups is 2. The van der Waals surface area contributed by atoms with Crippen LogP contribution >= 0.6 is 0 Å². The van der Waals surface area contributed by atoms with Gasteiger partial charge in [-0.25, -0.2) is 9.78 Å². The third-order valence-corrected chi connectivity index (χ3v) is 3.09. The van der Waals surface area contributed by atoms with Crippen LogP contribution in [0.3, 0.4) is 0 Å². The summed E-state index contributed by atoms with van der Waals surface area (Å²) in [4.78, 5) is 26.6. The topological polar surface area (TPSA) is 72.2 Å². The van der Waals surface area contributed by atoms with Gasteiger partial charge < -0.3 is 9.67 Å². The summed E-state index contributed by atoms with van der Waals surface area (Å²) in [6.45, 7) is 3.34. The van der Waals surface area contributed by atoms with Crippen LogP contribution in [0.15, 0.2) is 36.8 Å². The molecule has 19 heavy (non-hydrogen) atoms. The molecule has 1 heterocycles. The Balaban J connectivity index is 2.50. The lowest BCUT2D eigenvalue weighted by Crippen LogP contribution is -2.15. The Bertz CT molecular complexity index is 631. The van der Waals surface area contributed by atoms with Gasteiger partial charge in [0, 0.05) is 5.56 Å². The molecule has 1 aromatic carbocycles. The summed E-state index contributed by atoms with van der Waals surface area (Å²) in [5, 5.41) is 9.10. The Morgan fingerprint density at radius 1 is 1.32 bits per heavy atom. The minimum absolute atomic E-state index is 0.0422. The van der Waals surface area contributed by atoms with Crippen molar-refractivity contribution in [3.8, 4) is 0 Å². The van der Waals surface area contributed by atoms with Gasteiger partial charge in [-0.05, 0) is 19.4 Å². The Kier molecular flexibility index (Phi) is 3.46. The van der Waals surface area contributed by atoms with Crippen LogP contribution in [-0.4, -0.2) is 26.4 Å². The normalized spacial score (nSPS) is 12.1. The maximum atomic E-state index is 11.6. The monoisotopic (exact) mass is 258 g/mol. The minimum Gasteiger partial charge on any atom is -0.477 e. The highest BCUT2D eigenvalue weighted by Crippen LogP contribution is 2.23. The van der Waals surface area contributed by atoms with Gasteiger partial charge >= 0.3 is 5.97 Å². The third-order valence-electron chi connectivity index (χ3n) is 3.09. The van der Waals surface area contributed by atoms with Crippen molar-refractivity contribution in [2.75, 3.05) is 0 Å². The lowest BCUT2D eigenvalue weighted by molar-refractivity contribution is 0.0684. The Labute approximate surface area is 110 Å². The molecule has 0 bridgehead atoms. The summed E-state index contributed by atoms with van der Waals surface area (Å²) in [6.07, 6.45) is 2.76. The second-order valence-electron chi connectivity index (χ2n) is 4.31. The molecular weight excluding hydrogens is 244 g/mol. The molecule has 0 saturated heterocycles. The smallest absolute Gasteiger partial charge is 0.354 e. The van der Waals surface area contributed by atoms with Crippen molar-refractivity contribution in [1.29, 1.82) is 0 Å². The summed E-state index contributed by atoms with van der Waals surface area (Å²) < 4.78 is 1.55. The first-order valence-electron chi connectivity index (χ1n) is 5.87. The lowest BCUT2D eigenvalue weighted by atomic mass is 9.98. The Morgan fingerprint density at radius 3 is 2.63 bits per heavy atom. The summed E-state index contributed by atoms with van der Waals surface area (Å²) in [5.74, 6) is -1.08. The van der Waals surface area contributed by atoms with Crippen LogP contribution in [0.5, 0.6) is 0 Å². The van der Waals surface area contributed by atoms with Crippen molar-refractivity contribution in [3.05, 3.63) is 53.6 Å². The zero-order valence-electron chi connectivity index (χ0n) is 10.7. The zero-order chi connectivity index (χ0) is 14.0. The molecule has 0 fully saturated rings. The van der Waals surface area contributed by atoms with E-state index in [2.05, 4.69) is 4.98 Å². The number of carbonyl (C=O) groups excluding carboxylic acids is 1. The molecule has 0 saturated carbocycles. The van der Waals surface area contributed by atoms with E-state index >= 15 is 0 Å². The number of Topliss-reactive ketones (excluding diaryl/α,β-unsaturated/α-hetero) is 1.